The number of carbonyl (C=O) groups excluding carboxylic acids is 1. The number of ether oxygens (including phenoxy) is 1. The summed E-state index contributed by atoms with van der Waals surface area (Å²) >= 11 is 1.63. The molecule has 0 aromatic rings. The largest absolute Gasteiger partial charge is 0.459 e. The fourth-order valence-corrected chi connectivity index (χ4v) is 3.15. The minimum Gasteiger partial charge on any atom is -0.459 e. The van der Waals surface area contributed by atoms with E-state index in [9.17, 15) is 9.18 Å². The molecule has 2 unspecified atom stereocenters. The van der Waals surface area contributed by atoms with Gasteiger partial charge in [0, 0.05) is 0 Å². The van der Waals surface area contributed by atoms with Crippen LogP contribution in [0.5, 0.6) is 0 Å². The van der Waals surface area contributed by atoms with Crippen LogP contribution in [0.1, 0.15) is 79.6 Å². The zero-order valence-electron chi connectivity index (χ0n) is 14.4. The van der Waals surface area contributed by atoms with E-state index < -0.39 is 11.8 Å². The molecule has 2 nitrogen and oxygen atoms in total. The van der Waals surface area contributed by atoms with Crippen molar-refractivity contribution in [1.82, 2.24) is 0 Å². The first-order valence-electron chi connectivity index (χ1n) is 8.28. The van der Waals surface area contributed by atoms with Crippen LogP contribution in [0.25, 0.3) is 0 Å². The number of hydrogen-bond donors (Lipinski definition) is 0. The Morgan fingerprint density at radius 3 is 2.29 bits per heavy atom. The molecule has 0 aliphatic rings. The lowest BCUT2D eigenvalue weighted by Gasteiger charge is -2.23. The van der Waals surface area contributed by atoms with Gasteiger partial charge in [0.15, 0.2) is 0 Å². The molecule has 0 N–H and O–H groups in total. The van der Waals surface area contributed by atoms with Crippen LogP contribution in [0.3, 0.4) is 0 Å². The monoisotopic (exact) mass is 320 g/mol. The number of thioether (sulfide) groups is 1. The molecule has 0 spiro atoms. The number of esters is 1. The third kappa shape index (κ3) is 12.0. The molecule has 21 heavy (non-hydrogen) atoms. The number of halogens is 1. The van der Waals surface area contributed by atoms with Crippen molar-refractivity contribution in [3.05, 3.63) is 0 Å². The first-order chi connectivity index (χ1) is 9.80. The van der Waals surface area contributed by atoms with Crippen molar-refractivity contribution >= 4 is 17.7 Å². The summed E-state index contributed by atoms with van der Waals surface area (Å²) in [7, 11) is 0. The van der Waals surface area contributed by atoms with Crippen molar-refractivity contribution < 1.29 is 13.9 Å². The van der Waals surface area contributed by atoms with E-state index >= 15 is 0 Å². The topological polar surface area (TPSA) is 26.3 Å². The third-order valence-electron chi connectivity index (χ3n) is 3.07. The van der Waals surface area contributed by atoms with Gasteiger partial charge >= 0.3 is 5.97 Å². The summed E-state index contributed by atoms with van der Waals surface area (Å²) in [6.07, 6.45) is 5.24. The van der Waals surface area contributed by atoms with E-state index in [1.54, 1.807) is 11.8 Å². The highest BCUT2D eigenvalue weighted by Gasteiger charge is 2.25. The van der Waals surface area contributed by atoms with Gasteiger partial charge in [0.25, 0.3) is 0 Å². The van der Waals surface area contributed by atoms with Gasteiger partial charge in [0.05, 0.1) is 0 Å². The van der Waals surface area contributed by atoms with E-state index in [1.165, 1.54) is 0 Å². The van der Waals surface area contributed by atoms with E-state index in [2.05, 4.69) is 6.92 Å². The summed E-state index contributed by atoms with van der Waals surface area (Å²) in [5.41, 5.74) is -0.437. The second-order valence-corrected chi connectivity index (χ2v) is 7.87. The lowest BCUT2D eigenvalue weighted by Crippen LogP contribution is -2.30. The van der Waals surface area contributed by atoms with Crippen molar-refractivity contribution in [3.8, 4) is 0 Å². The molecular weight excluding hydrogens is 287 g/mol. The molecule has 0 saturated carbocycles. The van der Waals surface area contributed by atoms with Gasteiger partial charge in [-0.1, -0.05) is 33.1 Å². The highest BCUT2D eigenvalue weighted by Crippen LogP contribution is 2.23. The van der Waals surface area contributed by atoms with Crippen molar-refractivity contribution in [2.24, 2.45) is 0 Å². The lowest BCUT2D eigenvalue weighted by atomic mass is 10.1. The minimum atomic E-state index is -0.689. The van der Waals surface area contributed by atoms with Gasteiger partial charge in [-0.15, -0.1) is 11.8 Å². The Bertz CT molecular complexity index is 276. The number of unbranched alkanes of at least 4 members (excludes halogenated alkanes) is 1. The third-order valence-corrected chi connectivity index (χ3v) is 4.43. The van der Waals surface area contributed by atoms with Crippen LogP contribution in [0.4, 0.5) is 4.39 Å². The summed E-state index contributed by atoms with van der Waals surface area (Å²) in [5.74, 6) is 0.712. The molecule has 0 bridgehead atoms. The van der Waals surface area contributed by atoms with Crippen molar-refractivity contribution in [2.45, 2.75) is 96.6 Å². The number of carbonyl (C=O) groups is 1. The van der Waals surface area contributed by atoms with E-state index in [-0.39, 0.29) is 11.2 Å². The fraction of sp³-hybridized carbons (Fsp3) is 0.941. The number of rotatable bonds is 11. The standard InChI is InChI=1S/C17H33FO2S/c1-6-8-12-15(16(19)20-17(3,4)5)21-13-9-11-14(18)10-7-2/h14-15H,6-13H2,1-5H3. The zero-order chi connectivity index (χ0) is 16.3. The van der Waals surface area contributed by atoms with Crippen LogP contribution in [-0.2, 0) is 9.53 Å². The van der Waals surface area contributed by atoms with E-state index in [1.807, 2.05) is 27.7 Å². The van der Waals surface area contributed by atoms with Gasteiger partial charge < -0.3 is 4.74 Å². The minimum absolute atomic E-state index is 0.103. The average molecular weight is 321 g/mol. The summed E-state index contributed by atoms with van der Waals surface area (Å²) in [5, 5.41) is -0.103. The van der Waals surface area contributed by atoms with Gasteiger partial charge in [-0.25, -0.2) is 4.39 Å². The smallest absolute Gasteiger partial charge is 0.319 e. The molecule has 2 atom stereocenters. The summed E-state index contributed by atoms with van der Waals surface area (Å²) in [6.45, 7) is 9.81. The average Bonchev–Trinajstić information content (AvgIpc) is 2.36. The van der Waals surface area contributed by atoms with Crippen molar-refractivity contribution in [1.29, 1.82) is 0 Å². The lowest BCUT2D eigenvalue weighted by molar-refractivity contribution is -0.154. The number of hydrogen-bond acceptors (Lipinski definition) is 3. The second kappa shape index (κ2) is 11.3. The first-order valence-corrected chi connectivity index (χ1v) is 9.33. The Labute approximate surface area is 134 Å². The predicted molar refractivity (Wildman–Crippen MR) is 90.7 cm³/mol. The van der Waals surface area contributed by atoms with Gasteiger partial charge in [0.1, 0.15) is 17.0 Å². The van der Waals surface area contributed by atoms with Crippen LogP contribution in [0.2, 0.25) is 0 Å². The maximum Gasteiger partial charge on any atom is 0.319 e. The quantitative estimate of drug-likeness (QED) is 0.369. The Morgan fingerprint density at radius 2 is 1.76 bits per heavy atom. The van der Waals surface area contributed by atoms with Gasteiger partial charge in [-0.2, -0.15) is 0 Å². The Hall–Kier alpha value is -0.250. The Kier molecular flexibility index (Phi) is 11.2. The molecule has 0 aliphatic heterocycles. The normalized spacial score (nSPS) is 14.8. The molecule has 0 aromatic heterocycles. The number of alkyl halides is 1. The Morgan fingerprint density at radius 1 is 1.10 bits per heavy atom. The molecule has 0 rings (SSSR count). The van der Waals surface area contributed by atoms with Crippen molar-refractivity contribution in [2.75, 3.05) is 5.75 Å². The van der Waals surface area contributed by atoms with E-state index in [0.29, 0.717) is 12.8 Å². The SMILES string of the molecule is CCCCC(SCCCC(F)CCC)C(=O)OC(C)(C)C. The van der Waals surface area contributed by atoms with Crippen LogP contribution >= 0.6 is 11.8 Å². The zero-order valence-corrected chi connectivity index (χ0v) is 15.2. The van der Waals surface area contributed by atoms with Crippen molar-refractivity contribution in [3.63, 3.8) is 0 Å². The molecule has 0 aliphatic carbocycles. The van der Waals surface area contributed by atoms with Crippen LogP contribution < -0.4 is 0 Å². The highest BCUT2D eigenvalue weighted by molar-refractivity contribution is 8.00. The maximum absolute atomic E-state index is 13.4. The predicted octanol–water partition coefficient (Wildman–Crippen LogP) is 5.54. The molecule has 0 heterocycles. The summed E-state index contributed by atoms with van der Waals surface area (Å²) < 4.78 is 18.9. The molecule has 0 aromatic carbocycles. The van der Waals surface area contributed by atoms with Gasteiger partial charge in [0.2, 0.25) is 0 Å². The van der Waals surface area contributed by atoms with Crippen LogP contribution in [0, 0.1) is 0 Å². The van der Waals surface area contributed by atoms with E-state index in [0.717, 1.165) is 37.9 Å². The molecule has 126 valence electrons. The maximum atomic E-state index is 13.4. The van der Waals surface area contributed by atoms with Gasteiger partial charge in [-0.05, 0) is 52.2 Å². The molecule has 0 amide bonds. The summed E-state index contributed by atoms with van der Waals surface area (Å²) in [4.78, 5) is 12.2. The molecule has 0 saturated heterocycles. The van der Waals surface area contributed by atoms with Crippen LogP contribution in [0.15, 0.2) is 0 Å². The fourth-order valence-electron chi connectivity index (χ4n) is 2.01. The van der Waals surface area contributed by atoms with E-state index in [4.69, 9.17) is 4.74 Å². The second-order valence-electron chi connectivity index (χ2n) is 6.56. The molecule has 0 radical (unpaired) electrons. The Balaban J connectivity index is 4.14. The summed E-state index contributed by atoms with van der Waals surface area (Å²) in [6, 6.07) is 0. The first kappa shape index (κ1) is 20.8. The molecule has 4 heteroatoms. The molecular formula is C17H33FO2S. The molecule has 0 fully saturated rings. The van der Waals surface area contributed by atoms with Crippen LogP contribution in [-0.4, -0.2) is 28.7 Å². The van der Waals surface area contributed by atoms with Gasteiger partial charge in [-0.3, -0.25) is 4.79 Å². The highest BCUT2D eigenvalue weighted by atomic mass is 32.2.